The smallest absolute Gasteiger partial charge is 0.392 e. The third-order valence-corrected chi connectivity index (χ3v) is 6.54. The summed E-state index contributed by atoms with van der Waals surface area (Å²) in [5.74, 6) is -1.13. The molecule has 2 unspecified atom stereocenters. The lowest BCUT2D eigenvalue weighted by Gasteiger charge is -2.25. The van der Waals surface area contributed by atoms with Crippen LogP contribution in [0.1, 0.15) is 51.3 Å². The second-order valence-electron chi connectivity index (χ2n) is 9.18. The zero-order valence-electron chi connectivity index (χ0n) is 21.6. The van der Waals surface area contributed by atoms with Crippen molar-refractivity contribution in [1.29, 1.82) is 0 Å². The number of rotatable bonds is 11. The molecule has 3 aromatic rings. The number of thiophene rings is 1. The van der Waals surface area contributed by atoms with E-state index in [0.29, 0.717) is 25.2 Å². The number of carbonyl (C=O) groups excluding carboxylic acids is 2. The summed E-state index contributed by atoms with van der Waals surface area (Å²) in [5, 5.41) is 28.6. The Labute approximate surface area is 238 Å². The fourth-order valence-corrected chi connectivity index (χ4v) is 4.84. The molecule has 2 atom stereocenters. The molecule has 1 aromatic heterocycles. The fraction of sp³-hybridized carbons (Fsp3) is 0.296. The van der Waals surface area contributed by atoms with Gasteiger partial charge in [0.15, 0.2) is 0 Å². The summed E-state index contributed by atoms with van der Waals surface area (Å²) in [6, 6.07) is 10.1. The van der Waals surface area contributed by atoms with Crippen LogP contribution in [0.2, 0.25) is 5.02 Å². The van der Waals surface area contributed by atoms with Crippen molar-refractivity contribution in [2.45, 2.75) is 38.8 Å². The number of carbonyl (C=O) groups is 2. The van der Waals surface area contributed by atoms with Gasteiger partial charge in [0.25, 0.3) is 11.8 Å². The highest BCUT2D eigenvalue weighted by Gasteiger charge is 2.33. The number of nitrogens with zero attached hydrogens (tertiary/aromatic N) is 2. The van der Waals surface area contributed by atoms with Gasteiger partial charge in [0.05, 0.1) is 40.3 Å². The number of aliphatic hydroxyl groups excluding tert-OH is 2. The van der Waals surface area contributed by atoms with Crippen molar-refractivity contribution < 1.29 is 33.0 Å². The van der Waals surface area contributed by atoms with Crippen LogP contribution in [0.25, 0.3) is 0 Å². The summed E-state index contributed by atoms with van der Waals surface area (Å²) >= 11 is 6.78. The standard InChI is InChI=1S/C27H28ClF3N4O4S/c1-16(36)11-35(12-17(2)37)13-19-4-3-5-20(8-19)25(38)33-24-15-40-14-21(24)26(39)34-32-10-18-6-7-23(28)22(9-18)27(29,30)31/h3-10,14-17,36-37H,11-13H2,1-2H3,(H,33,38)(H,34,39)/b32-10+. The molecule has 0 spiro atoms. The lowest BCUT2D eigenvalue weighted by atomic mass is 10.1. The van der Waals surface area contributed by atoms with E-state index in [9.17, 15) is 33.0 Å². The molecule has 1 heterocycles. The number of hydrogen-bond donors (Lipinski definition) is 4. The molecule has 0 radical (unpaired) electrons. The Morgan fingerprint density at radius 2 is 1.77 bits per heavy atom. The van der Waals surface area contributed by atoms with Crippen molar-refractivity contribution in [2.24, 2.45) is 5.10 Å². The van der Waals surface area contributed by atoms with E-state index in [1.165, 1.54) is 22.8 Å². The van der Waals surface area contributed by atoms with E-state index in [2.05, 4.69) is 15.8 Å². The third-order valence-electron chi connectivity index (χ3n) is 5.47. The van der Waals surface area contributed by atoms with Crippen LogP contribution in [0, 0.1) is 0 Å². The van der Waals surface area contributed by atoms with Gasteiger partial charge in [-0.1, -0.05) is 29.8 Å². The molecular formula is C27H28ClF3N4O4S. The van der Waals surface area contributed by atoms with Crippen molar-refractivity contribution >= 4 is 46.7 Å². The Bertz CT molecular complexity index is 1350. The maximum absolute atomic E-state index is 13.1. The first-order valence-electron chi connectivity index (χ1n) is 12.1. The molecule has 0 aliphatic rings. The number of amides is 2. The molecule has 13 heteroatoms. The van der Waals surface area contributed by atoms with Crippen molar-refractivity contribution in [3.63, 3.8) is 0 Å². The van der Waals surface area contributed by atoms with Gasteiger partial charge in [-0.3, -0.25) is 14.5 Å². The van der Waals surface area contributed by atoms with Crippen LogP contribution in [0.4, 0.5) is 18.9 Å². The summed E-state index contributed by atoms with van der Waals surface area (Å²) < 4.78 is 39.2. The highest BCUT2D eigenvalue weighted by molar-refractivity contribution is 7.08. The number of halogens is 4. The summed E-state index contributed by atoms with van der Waals surface area (Å²) in [6.45, 7) is 4.40. The van der Waals surface area contributed by atoms with Crippen molar-refractivity contribution in [3.05, 3.63) is 86.1 Å². The molecule has 4 N–H and O–H groups in total. The van der Waals surface area contributed by atoms with E-state index in [4.69, 9.17) is 11.6 Å². The van der Waals surface area contributed by atoms with Gasteiger partial charge < -0.3 is 15.5 Å². The molecule has 0 aliphatic heterocycles. The first-order valence-corrected chi connectivity index (χ1v) is 13.4. The number of alkyl halides is 3. The minimum Gasteiger partial charge on any atom is -0.392 e. The SMILES string of the molecule is CC(O)CN(Cc1cccc(C(=O)Nc2cscc2C(=O)N/N=C/c2ccc(Cl)c(C(F)(F)F)c2)c1)CC(C)O. The van der Waals surface area contributed by atoms with Gasteiger partial charge in [-0.25, -0.2) is 5.43 Å². The summed E-state index contributed by atoms with van der Waals surface area (Å²) in [7, 11) is 0. The normalized spacial score (nSPS) is 13.4. The Morgan fingerprint density at radius 3 is 2.42 bits per heavy atom. The van der Waals surface area contributed by atoms with Crippen molar-refractivity contribution in [2.75, 3.05) is 18.4 Å². The molecule has 40 heavy (non-hydrogen) atoms. The Hall–Kier alpha value is -3.29. The van der Waals surface area contributed by atoms with Crippen LogP contribution in [0.3, 0.4) is 0 Å². The van der Waals surface area contributed by atoms with E-state index < -0.39 is 40.8 Å². The minimum atomic E-state index is -4.64. The van der Waals surface area contributed by atoms with E-state index in [-0.39, 0.29) is 16.8 Å². The van der Waals surface area contributed by atoms with E-state index >= 15 is 0 Å². The minimum absolute atomic E-state index is 0.0798. The van der Waals surface area contributed by atoms with Crippen molar-refractivity contribution in [3.8, 4) is 0 Å². The lowest BCUT2D eigenvalue weighted by Crippen LogP contribution is -2.35. The fourth-order valence-electron chi connectivity index (χ4n) is 3.85. The zero-order chi connectivity index (χ0) is 29.4. The maximum Gasteiger partial charge on any atom is 0.417 e. The molecule has 0 bridgehead atoms. The monoisotopic (exact) mass is 596 g/mol. The Kier molecular flexibility index (Phi) is 10.8. The predicted molar refractivity (Wildman–Crippen MR) is 149 cm³/mol. The number of hydrazone groups is 1. The molecule has 2 aromatic carbocycles. The predicted octanol–water partition coefficient (Wildman–Crippen LogP) is 5.00. The van der Waals surface area contributed by atoms with Gasteiger partial charge in [0.2, 0.25) is 0 Å². The molecule has 0 saturated heterocycles. The number of anilines is 1. The summed E-state index contributed by atoms with van der Waals surface area (Å²) in [6.07, 6.45) is -4.77. The highest BCUT2D eigenvalue weighted by atomic mass is 35.5. The molecule has 0 fully saturated rings. The van der Waals surface area contributed by atoms with E-state index in [0.717, 1.165) is 23.9 Å². The average molecular weight is 597 g/mol. The first-order chi connectivity index (χ1) is 18.8. The topological polar surface area (TPSA) is 114 Å². The number of benzene rings is 2. The largest absolute Gasteiger partial charge is 0.417 e. The Balaban J connectivity index is 1.66. The van der Waals surface area contributed by atoms with Crippen LogP contribution in [-0.4, -0.2) is 58.4 Å². The third kappa shape index (κ3) is 9.14. The molecule has 214 valence electrons. The second kappa shape index (κ2) is 13.9. The summed E-state index contributed by atoms with van der Waals surface area (Å²) in [4.78, 5) is 27.5. The van der Waals surface area contributed by atoms with Gasteiger partial charge in [0, 0.05) is 36.0 Å². The second-order valence-corrected chi connectivity index (χ2v) is 10.3. The van der Waals surface area contributed by atoms with Crippen LogP contribution in [0.15, 0.2) is 58.3 Å². The van der Waals surface area contributed by atoms with Crippen LogP contribution < -0.4 is 10.7 Å². The number of hydrogen-bond acceptors (Lipinski definition) is 7. The van der Waals surface area contributed by atoms with Gasteiger partial charge in [-0.05, 0) is 49.2 Å². The quantitative estimate of drug-likeness (QED) is 0.184. The molecular weight excluding hydrogens is 569 g/mol. The van der Waals surface area contributed by atoms with Crippen molar-refractivity contribution in [1.82, 2.24) is 10.3 Å². The van der Waals surface area contributed by atoms with Gasteiger partial charge in [0.1, 0.15) is 0 Å². The van der Waals surface area contributed by atoms with E-state index in [1.807, 2.05) is 11.0 Å². The Morgan fingerprint density at radius 1 is 1.07 bits per heavy atom. The average Bonchev–Trinajstić information content (AvgIpc) is 3.32. The lowest BCUT2D eigenvalue weighted by molar-refractivity contribution is -0.137. The molecule has 0 aliphatic carbocycles. The van der Waals surface area contributed by atoms with Gasteiger partial charge in [-0.2, -0.15) is 18.3 Å². The first kappa shape index (κ1) is 31.2. The number of nitrogens with one attached hydrogen (secondary N) is 2. The molecule has 3 rings (SSSR count). The van der Waals surface area contributed by atoms with Gasteiger partial charge in [-0.15, -0.1) is 11.3 Å². The maximum atomic E-state index is 13.1. The zero-order valence-corrected chi connectivity index (χ0v) is 23.1. The van der Waals surface area contributed by atoms with Crippen LogP contribution in [0.5, 0.6) is 0 Å². The summed E-state index contributed by atoms with van der Waals surface area (Å²) in [5.41, 5.74) is 2.80. The molecule has 2 amide bonds. The highest BCUT2D eigenvalue weighted by Crippen LogP contribution is 2.34. The van der Waals surface area contributed by atoms with Crippen LogP contribution in [-0.2, 0) is 12.7 Å². The van der Waals surface area contributed by atoms with E-state index in [1.54, 1.807) is 37.4 Å². The molecule has 8 nitrogen and oxygen atoms in total. The van der Waals surface area contributed by atoms with Crippen LogP contribution >= 0.6 is 22.9 Å². The van der Waals surface area contributed by atoms with Gasteiger partial charge >= 0.3 is 6.18 Å². The molecule has 0 saturated carbocycles. The number of aliphatic hydroxyl groups is 2.